The third-order valence-electron chi connectivity index (χ3n) is 2.13. The summed E-state index contributed by atoms with van der Waals surface area (Å²) in [6.45, 7) is 0. The molecule has 0 unspecified atom stereocenters. The normalized spacial score (nSPS) is 12.5. The Kier molecular flexibility index (Phi) is 4.25. The van der Waals surface area contributed by atoms with E-state index >= 15 is 0 Å². The predicted octanol–water partition coefficient (Wildman–Crippen LogP) is 3.04. The zero-order valence-electron chi connectivity index (χ0n) is 8.74. The van der Waals surface area contributed by atoms with Gasteiger partial charge >= 0.3 is 6.18 Å². The third-order valence-corrected chi connectivity index (χ3v) is 2.13. The van der Waals surface area contributed by atoms with E-state index in [1.807, 2.05) is 0 Å². The molecule has 0 aliphatic heterocycles. The Morgan fingerprint density at radius 3 is 2.24 bits per heavy atom. The number of alkyl halides is 3. The van der Waals surface area contributed by atoms with Gasteiger partial charge in [0.1, 0.15) is 0 Å². The molecule has 0 heterocycles. The number of rotatable bonds is 4. The minimum Gasteiger partial charge on any atom is -0.411 e. The van der Waals surface area contributed by atoms with E-state index in [9.17, 15) is 18.0 Å². The molecule has 0 aliphatic rings. The predicted molar refractivity (Wildman–Crippen MR) is 55.3 cm³/mol. The van der Waals surface area contributed by atoms with Crippen molar-refractivity contribution in [2.45, 2.75) is 19.0 Å². The van der Waals surface area contributed by atoms with Crippen molar-refractivity contribution in [1.82, 2.24) is 0 Å². The SMILES string of the molecule is O=C(CC/C(=N\O)C(F)(F)F)c1ccccc1. The molecule has 0 bridgehead atoms. The highest BCUT2D eigenvalue weighted by Crippen LogP contribution is 2.20. The van der Waals surface area contributed by atoms with E-state index in [0.717, 1.165) is 0 Å². The second-order valence-electron chi connectivity index (χ2n) is 3.33. The Balaban J connectivity index is 2.61. The van der Waals surface area contributed by atoms with Gasteiger partial charge in [0.2, 0.25) is 0 Å². The van der Waals surface area contributed by atoms with Crippen LogP contribution in [0.25, 0.3) is 0 Å². The van der Waals surface area contributed by atoms with E-state index in [-0.39, 0.29) is 6.42 Å². The maximum Gasteiger partial charge on any atom is 0.432 e. The number of carbonyl (C=O) groups is 1. The molecule has 0 atom stereocenters. The average molecular weight is 245 g/mol. The number of hydrogen-bond acceptors (Lipinski definition) is 3. The third kappa shape index (κ3) is 3.90. The van der Waals surface area contributed by atoms with Gasteiger partial charge in [0, 0.05) is 18.4 Å². The van der Waals surface area contributed by atoms with Gasteiger partial charge in [0.25, 0.3) is 0 Å². The highest BCUT2D eigenvalue weighted by atomic mass is 19.4. The smallest absolute Gasteiger partial charge is 0.411 e. The minimum absolute atomic E-state index is 0.340. The Bertz CT molecular complexity index is 412. The minimum atomic E-state index is -4.70. The summed E-state index contributed by atoms with van der Waals surface area (Å²) in [6.07, 6.45) is -5.68. The van der Waals surface area contributed by atoms with Crippen LogP contribution in [-0.4, -0.2) is 22.9 Å². The van der Waals surface area contributed by atoms with Crippen LogP contribution >= 0.6 is 0 Å². The number of Topliss-reactive ketones (excluding diaryl/α,β-unsaturated/α-hetero) is 1. The van der Waals surface area contributed by atoms with Crippen molar-refractivity contribution in [1.29, 1.82) is 0 Å². The van der Waals surface area contributed by atoms with Crippen LogP contribution in [0.4, 0.5) is 13.2 Å². The summed E-state index contributed by atoms with van der Waals surface area (Å²) < 4.78 is 36.5. The lowest BCUT2D eigenvalue weighted by Crippen LogP contribution is -2.23. The largest absolute Gasteiger partial charge is 0.432 e. The van der Waals surface area contributed by atoms with Crippen molar-refractivity contribution in [3.8, 4) is 0 Å². The molecule has 17 heavy (non-hydrogen) atoms. The van der Waals surface area contributed by atoms with E-state index in [0.29, 0.717) is 5.56 Å². The summed E-state index contributed by atoms with van der Waals surface area (Å²) in [7, 11) is 0. The van der Waals surface area contributed by atoms with E-state index < -0.39 is 24.1 Å². The molecule has 1 N–H and O–H groups in total. The fourth-order valence-electron chi connectivity index (χ4n) is 1.25. The molecule has 3 nitrogen and oxygen atoms in total. The number of ketones is 1. The van der Waals surface area contributed by atoms with Crippen molar-refractivity contribution in [2.24, 2.45) is 5.16 Å². The molecule has 0 spiro atoms. The molecule has 1 aromatic rings. The van der Waals surface area contributed by atoms with Crippen LogP contribution in [0.2, 0.25) is 0 Å². The van der Waals surface area contributed by atoms with Crippen LogP contribution in [-0.2, 0) is 0 Å². The first kappa shape index (κ1) is 13.2. The van der Waals surface area contributed by atoms with Crippen molar-refractivity contribution >= 4 is 11.5 Å². The number of oxime groups is 1. The first-order valence-corrected chi connectivity index (χ1v) is 4.81. The Morgan fingerprint density at radius 1 is 1.18 bits per heavy atom. The second-order valence-corrected chi connectivity index (χ2v) is 3.33. The van der Waals surface area contributed by atoms with Gasteiger partial charge in [0.15, 0.2) is 11.5 Å². The Labute approximate surface area is 95.6 Å². The van der Waals surface area contributed by atoms with Gasteiger partial charge < -0.3 is 5.21 Å². The number of nitrogens with zero attached hydrogens (tertiary/aromatic N) is 1. The van der Waals surface area contributed by atoms with Crippen LogP contribution in [0.3, 0.4) is 0 Å². The molecular formula is C11H10F3NO2. The number of hydrogen-bond donors (Lipinski definition) is 1. The summed E-state index contributed by atoms with van der Waals surface area (Å²) in [5.74, 6) is -0.420. The number of carbonyl (C=O) groups excluding carboxylic acids is 1. The fraction of sp³-hybridized carbons (Fsp3) is 0.273. The highest BCUT2D eigenvalue weighted by molar-refractivity contribution is 5.99. The van der Waals surface area contributed by atoms with Gasteiger partial charge in [-0.1, -0.05) is 35.5 Å². The molecule has 1 rings (SSSR count). The molecule has 0 saturated carbocycles. The van der Waals surface area contributed by atoms with Gasteiger partial charge in [-0.05, 0) is 0 Å². The van der Waals surface area contributed by atoms with E-state index in [1.54, 1.807) is 18.2 Å². The van der Waals surface area contributed by atoms with Crippen LogP contribution in [0.1, 0.15) is 23.2 Å². The van der Waals surface area contributed by atoms with E-state index in [2.05, 4.69) is 5.16 Å². The van der Waals surface area contributed by atoms with Crippen molar-refractivity contribution < 1.29 is 23.2 Å². The number of benzene rings is 1. The van der Waals surface area contributed by atoms with Crippen molar-refractivity contribution in [2.75, 3.05) is 0 Å². The molecule has 0 saturated heterocycles. The molecule has 0 aliphatic carbocycles. The highest BCUT2D eigenvalue weighted by Gasteiger charge is 2.36. The van der Waals surface area contributed by atoms with Crippen molar-refractivity contribution in [3.05, 3.63) is 35.9 Å². The molecular weight excluding hydrogens is 235 g/mol. The fourth-order valence-corrected chi connectivity index (χ4v) is 1.25. The van der Waals surface area contributed by atoms with E-state index in [1.165, 1.54) is 12.1 Å². The zero-order valence-corrected chi connectivity index (χ0v) is 8.74. The molecule has 0 amide bonds. The van der Waals surface area contributed by atoms with Crippen LogP contribution < -0.4 is 0 Å². The lowest BCUT2D eigenvalue weighted by Gasteiger charge is -2.07. The zero-order chi connectivity index (χ0) is 12.9. The first-order chi connectivity index (χ1) is 7.95. The first-order valence-electron chi connectivity index (χ1n) is 4.81. The Morgan fingerprint density at radius 2 is 1.76 bits per heavy atom. The molecule has 0 fully saturated rings. The summed E-state index contributed by atoms with van der Waals surface area (Å²) in [5, 5.41) is 10.4. The van der Waals surface area contributed by atoms with E-state index in [4.69, 9.17) is 5.21 Å². The van der Waals surface area contributed by atoms with Gasteiger partial charge in [-0.15, -0.1) is 0 Å². The standard InChI is InChI=1S/C11H10F3NO2/c12-11(13,14)10(15-17)7-6-9(16)8-4-2-1-3-5-8/h1-5,17H,6-7H2/b15-10+. The second kappa shape index (κ2) is 5.47. The van der Waals surface area contributed by atoms with Gasteiger partial charge in [-0.2, -0.15) is 13.2 Å². The Hall–Kier alpha value is -1.85. The quantitative estimate of drug-likeness (QED) is 0.383. The summed E-state index contributed by atoms with van der Waals surface area (Å²) in [6, 6.07) is 7.99. The van der Waals surface area contributed by atoms with Gasteiger partial charge in [-0.25, -0.2) is 0 Å². The number of halogens is 3. The van der Waals surface area contributed by atoms with Crippen LogP contribution in [0.15, 0.2) is 35.5 Å². The van der Waals surface area contributed by atoms with Crippen LogP contribution in [0, 0.1) is 0 Å². The summed E-state index contributed by atoms with van der Waals surface area (Å²) in [4.78, 5) is 11.5. The molecule has 0 aromatic heterocycles. The van der Waals surface area contributed by atoms with Crippen LogP contribution in [0.5, 0.6) is 0 Å². The lowest BCUT2D eigenvalue weighted by atomic mass is 10.0. The molecule has 6 heteroatoms. The summed E-state index contributed by atoms with van der Waals surface area (Å²) >= 11 is 0. The topological polar surface area (TPSA) is 49.7 Å². The average Bonchev–Trinajstić information content (AvgIpc) is 2.29. The maximum absolute atomic E-state index is 12.2. The van der Waals surface area contributed by atoms with Crippen molar-refractivity contribution in [3.63, 3.8) is 0 Å². The summed E-state index contributed by atoms with van der Waals surface area (Å²) in [5.41, 5.74) is -1.01. The van der Waals surface area contributed by atoms with Gasteiger partial charge in [-0.3, -0.25) is 4.79 Å². The molecule has 0 radical (unpaired) electrons. The molecule has 92 valence electrons. The monoisotopic (exact) mass is 245 g/mol. The van der Waals surface area contributed by atoms with Gasteiger partial charge in [0.05, 0.1) is 0 Å². The lowest BCUT2D eigenvalue weighted by molar-refractivity contribution is -0.0626. The maximum atomic E-state index is 12.2. The molecule has 1 aromatic carbocycles.